The highest BCUT2D eigenvalue weighted by atomic mass is 16.5. The van der Waals surface area contributed by atoms with Crippen LogP contribution in [0.3, 0.4) is 0 Å². The van der Waals surface area contributed by atoms with Gasteiger partial charge in [-0.25, -0.2) is 4.98 Å². The normalized spacial score (nSPS) is 10.8. The zero-order valence-corrected chi connectivity index (χ0v) is 12.7. The molecule has 2 aromatic rings. The minimum absolute atomic E-state index is 0.536. The van der Waals surface area contributed by atoms with E-state index in [1.807, 2.05) is 24.7 Å². The van der Waals surface area contributed by atoms with Crippen LogP contribution in [0.5, 0.6) is 5.75 Å². The average Bonchev–Trinajstić information content (AvgIpc) is 2.97. The molecule has 0 aliphatic heterocycles. The van der Waals surface area contributed by atoms with Crippen molar-refractivity contribution >= 4 is 0 Å². The first-order valence-corrected chi connectivity index (χ1v) is 7.24. The van der Waals surface area contributed by atoms with E-state index in [9.17, 15) is 0 Å². The molecule has 5 heteroatoms. The van der Waals surface area contributed by atoms with E-state index in [2.05, 4.69) is 33.9 Å². The first kappa shape index (κ1) is 15.5. The number of aromatic nitrogens is 2. The molecule has 1 aromatic heterocycles. The van der Waals surface area contributed by atoms with Crippen LogP contribution < -0.4 is 10.1 Å². The molecule has 1 heterocycles. The number of methoxy groups -OCH3 is 1. The van der Waals surface area contributed by atoms with E-state index in [0.717, 1.165) is 37.7 Å². The molecule has 1 N–H and O–H groups in total. The first-order chi connectivity index (χ1) is 10.3. The molecule has 0 saturated heterocycles. The van der Waals surface area contributed by atoms with Crippen molar-refractivity contribution < 1.29 is 9.47 Å². The second-order valence-corrected chi connectivity index (χ2v) is 4.78. The van der Waals surface area contributed by atoms with Gasteiger partial charge >= 0.3 is 0 Å². The number of hydrogen-bond acceptors (Lipinski definition) is 4. The maximum atomic E-state index is 5.85. The smallest absolute Gasteiger partial charge is 0.130 e. The van der Waals surface area contributed by atoms with Gasteiger partial charge in [-0.3, -0.25) is 0 Å². The number of ether oxygens (including phenoxy) is 2. The lowest BCUT2D eigenvalue weighted by Crippen LogP contribution is -2.18. The molecule has 0 atom stereocenters. The molecule has 0 bridgehead atoms. The molecule has 21 heavy (non-hydrogen) atoms. The van der Waals surface area contributed by atoms with Crippen molar-refractivity contribution in [2.45, 2.75) is 26.6 Å². The number of benzene rings is 1. The second-order valence-electron chi connectivity index (χ2n) is 4.78. The topological polar surface area (TPSA) is 48.3 Å². The van der Waals surface area contributed by atoms with Crippen LogP contribution in [0.2, 0.25) is 0 Å². The number of aryl methyl sites for hydroxylation is 1. The number of rotatable bonds is 9. The lowest BCUT2D eigenvalue weighted by Gasteiger charge is -2.10. The zero-order chi connectivity index (χ0) is 14.9. The van der Waals surface area contributed by atoms with Gasteiger partial charge in [-0.1, -0.05) is 12.1 Å². The Labute approximate surface area is 125 Å². The van der Waals surface area contributed by atoms with Crippen molar-refractivity contribution in [1.82, 2.24) is 14.9 Å². The Hall–Kier alpha value is -1.85. The molecule has 1 aromatic carbocycles. The van der Waals surface area contributed by atoms with Crippen LogP contribution in [-0.4, -0.2) is 29.8 Å². The Morgan fingerprint density at radius 1 is 1.33 bits per heavy atom. The summed E-state index contributed by atoms with van der Waals surface area (Å²) in [6, 6.07) is 8.14. The molecule has 2 rings (SSSR count). The van der Waals surface area contributed by atoms with E-state index in [1.165, 1.54) is 5.56 Å². The van der Waals surface area contributed by atoms with Gasteiger partial charge in [0.1, 0.15) is 12.4 Å². The summed E-state index contributed by atoms with van der Waals surface area (Å²) in [5.41, 5.74) is 2.29. The van der Waals surface area contributed by atoms with Crippen molar-refractivity contribution in [3.8, 4) is 5.75 Å². The van der Waals surface area contributed by atoms with Gasteiger partial charge in [0.25, 0.3) is 0 Å². The standard InChI is InChI=1S/C16H23N3O2/c1-3-19-13-18-11-15(19)12-21-16-6-4-5-14(9-16)10-17-7-8-20-2/h4-6,9,11,13,17H,3,7-8,10,12H2,1-2H3. The molecular formula is C16H23N3O2. The van der Waals surface area contributed by atoms with Crippen LogP contribution in [-0.2, 0) is 24.4 Å². The van der Waals surface area contributed by atoms with Crippen molar-refractivity contribution in [3.63, 3.8) is 0 Å². The van der Waals surface area contributed by atoms with E-state index >= 15 is 0 Å². The van der Waals surface area contributed by atoms with E-state index in [-0.39, 0.29) is 0 Å². The third-order valence-electron chi connectivity index (χ3n) is 3.24. The fraction of sp³-hybridized carbons (Fsp3) is 0.438. The molecule has 0 amide bonds. The molecule has 0 aliphatic rings. The monoisotopic (exact) mass is 289 g/mol. The van der Waals surface area contributed by atoms with Gasteiger partial charge in [-0.05, 0) is 24.6 Å². The predicted octanol–water partition coefficient (Wildman–Crippen LogP) is 2.22. The van der Waals surface area contributed by atoms with Crippen molar-refractivity contribution in [3.05, 3.63) is 48.0 Å². The van der Waals surface area contributed by atoms with E-state index in [0.29, 0.717) is 6.61 Å². The van der Waals surface area contributed by atoms with Crippen LogP contribution in [0.4, 0.5) is 0 Å². The molecule has 0 radical (unpaired) electrons. The summed E-state index contributed by atoms with van der Waals surface area (Å²) < 4.78 is 12.9. The number of imidazole rings is 1. The fourth-order valence-electron chi connectivity index (χ4n) is 2.06. The molecule has 0 unspecified atom stereocenters. The molecule has 0 spiro atoms. The van der Waals surface area contributed by atoms with Crippen LogP contribution in [0.1, 0.15) is 18.2 Å². The Morgan fingerprint density at radius 2 is 2.24 bits per heavy atom. The predicted molar refractivity (Wildman–Crippen MR) is 82.3 cm³/mol. The summed E-state index contributed by atoms with van der Waals surface area (Å²) >= 11 is 0. The van der Waals surface area contributed by atoms with Crippen LogP contribution >= 0.6 is 0 Å². The summed E-state index contributed by atoms with van der Waals surface area (Å²) in [4.78, 5) is 4.14. The lowest BCUT2D eigenvalue weighted by atomic mass is 10.2. The van der Waals surface area contributed by atoms with Gasteiger partial charge < -0.3 is 19.4 Å². The van der Waals surface area contributed by atoms with Gasteiger partial charge in [0.05, 0.1) is 24.8 Å². The summed E-state index contributed by atoms with van der Waals surface area (Å²) in [5, 5.41) is 3.32. The molecule has 0 saturated carbocycles. The van der Waals surface area contributed by atoms with Crippen LogP contribution in [0.15, 0.2) is 36.8 Å². The fourth-order valence-corrected chi connectivity index (χ4v) is 2.06. The number of nitrogens with zero attached hydrogens (tertiary/aromatic N) is 2. The first-order valence-electron chi connectivity index (χ1n) is 7.24. The molecule has 0 fully saturated rings. The van der Waals surface area contributed by atoms with Gasteiger partial charge in [-0.2, -0.15) is 0 Å². The Bertz CT molecular complexity index is 540. The SMILES string of the molecule is CCn1cncc1COc1cccc(CNCCOC)c1. The minimum Gasteiger partial charge on any atom is -0.487 e. The lowest BCUT2D eigenvalue weighted by molar-refractivity contribution is 0.199. The summed E-state index contributed by atoms with van der Waals surface area (Å²) in [6.45, 7) is 5.91. The molecule has 5 nitrogen and oxygen atoms in total. The summed E-state index contributed by atoms with van der Waals surface area (Å²) in [7, 11) is 1.71. The van der Waals surface area contributed by atoms with Gasteiger partial charge in [0.15, 0.2) is 0 Å². The highest BCUT2D eigenvalue weighted by Gasteiger charge is 2.02. The summed E-state index contributed by atoms with van der Waals surface area (Å²) in [5.74, 6) is 0.880. The third-order valence-corrected chi connectivity index (χ3v) is 3.24. The Kier molecular flexibility index (Phi) is 6.24. The highest BCUT2D eigenvalue weighted by molar-refractivity contribution is 5.28. The van der Waals surface area contributed by atoms with Gasteiger partial charge in [-0.15, -0.1) is 0 Å². The maximum Gasteiger partial charge on any atom is 0.130 e. The second kappa shape index (κ2) is 8.44. The van der Waals surface area contributed by atoms with E-state index < -0.39 is 0 Å². The summed E-state index contributed by atoms with van der Waals surface area (Å²) in [6.07, 6.45) is 3.68. The van der Waals surface area contributed by atoms with Crippen molar-refractivity contribution in [2.24, 2.45) is 0 Å². The zero-order valence-electron chi connectivity index (χ0n) is 12.7. The van der Waals surface area contributed by atoms with Crippen molar-refractivity contribution in [1.29, 1.82) is 0 Å². The van der Waals surface area contributed by atoms with Gasteiger partial charge in [0.2, 0.25) is 0 Å². The largest absolute Gasteiger partial charge is 0.487 e. The van der Waals surface area contributed by atoms with E-state index in [1.54, 1.807) is 7.11 Å². The number of hydrogen-bond donors (Lipinski definition) is 1. The van der Waals surface area contributed by atoms with E-state index in [4.69, 9.17) is 9.47 Å². The van der Waals surface area contributed by atoms with Crippen LogP contribution in [0, 0.1) is 0 Å². The quantitative estimate of drug-likeness (QED) is 0.719. The molecule has 0 aliphatic carbocycles. The minimum atomic E-state index is 0.536. The highest BCUT2D eigenvalue weighted by Crippen LogP contribution is 2.15. The van der Waals surface area contributed by atoms with Crippen molar-refractivity contribution in [2.75, 3.05) is 20.3 Å². The molecule has 114 valence electrons. The Morgan fingerprint density at radius 3 is 3.05 bits per heavy atom. The number of nitrogens with one attached hydrogen (secondary N) is 1. The molecular weight excluding hydrogens is 266 g/mol. The maximum absolute atomic E-state index is 5.85. The Balaban J connectivity index is 1.86. The third kappa shape index (κ3) is 4.88. The van der Waals surface area contributed by atoms with Gasteiger partial charge in [0, 0.05) is 26.7 Å². The average molecular weight is 289 g/mol. The van der Waals surface area contributed by atoms with Crippen LogP contribution in [0.25, 0.3) is 0 Å².